The van der Waals surface area contributed by atoms with Crippen LogP contribution in [0.4, 0.5) is 0 Å². The van der Waals surface area contributed by atoms with E-state index in [2.05, 4.69) is 56.8 Å². The van der Waals surface area contributed by atoms with Crippen LogP contribution in [0.3, 0.4) is 0 Å². The van der Waals surface area contributed by atoms with Crippen molar-refractivity contribution in [2.75, 3.05) is 6.54 Å². The summed E-state index contributed by atoms with van der Waals surface area (Å²) in [5.41, 5.74) is 2.54. The number of esters is 1. The highest BCUT2D eigenvalue weighted by atomic mass is 16.5. The first kappa shape index (κ1) is 36.2. The Morgan fingerprint density at radius 3 is 2.47 bits per heavy atom. The lowest BCUT2D eigenvalue weighted by molar-refractivity contribution is -0.195. The first-order valence-corrected chi connectivity index (χ1v) is 19.2. The summed E-state index contributed by atoms with van der Waals surface area (Å²) in [6.07, 6.45) is 13.7. The molecule has 2 N–H and O–H groups in total. The first-order chi connectivity index (χ1) is 23.0. The maximum absolute atomic E-state index is 13.8. The van der Waals surface area contributed by atoms with Crippen LogP contribution in [-0.4, -0.2) is 45.4 Å². The molecule has 0 radical (unpaired) electrons. The van der Waals surface area contributed by atoms with Crippen molar-refractivity contribution >= 4 is 17.7 Å². The number of ketones is 1. The molecule has 8 heteroatoms. The number of nitrogens with one attached hydrogen (secondary N) is 1. The molecular formula is C41H61N3O5. The second-order valence-corrected chi connectivity index (χ2v) is 18.4. The predicted molar refractivity (Wildman–Crippen MR) is 189 cm³/mol. The Hall–Kier alpha value is -2.61. The number of rotatable bonds is 10. The highest BCUT2D eigenvalue weighted by Gasteiger charge is 2.63. The third kappa shape index (κ3) is 6.31. The van der Waals surface area contributed by atoms with E-state index in [1.807, 2.05) is 6.07 Å². The second-order valence-electron chi connectivity index (χ2n) is 18.4. The number of nitrogens with zero attached hydrogens (tertiary/aromatic N) is 2. The van der Waals surface area contributed by atoms with Gasteiger partial charge in [-0.15, -0.1) is 0 Å². The van der Waals surface area contributed by atoms with Crippen molar-refractivity contribution < 1.29 is 24.2 Å². The molecule has 0 aliphatic heterocycles. The van der Waals surface area contributed by atoms with Gasteiger partial charge in [-0.1, -0.05) is 40.2 Å². The number of aromatic nitrogens is 2. The Balaban J connectivity index is 1.19. The van der Waals surface area contributed by atoms with E-state index in [4.69, 9.17) is 4.74 Å². The largest absolute Gasteiger partial charge is 0.481 e. The van der Waals surface area contributed by atoms with E-state index in [-0.39, 0.29) is 40.7 Å². The van der Waals surface area contributed by atoms with Crippen LogP contribution in [0.1, 0.15) is 138 Å². The molecule has 1 heterocycles. The van der Waals surface area contributed by atoms with Crippen molar-refractivity contribution in [1.29, 1.82) is 0 Å². The number of fused-ring (bicyclic) bond motifs is 7. The highest BCUT2D eigenvalue weighted by Crippen LogP contribution is 2.69. The molecule has 8 unspecified atom stereocenters. The SMILES string of the molecule is CC(C)C1=C2C3CCC4C(CCC5C(C)(C)C(OC(=O)CC(C)(C)C(=O)O)CCC45C)C3CCC2(CCN[C@H](C)c2ccncn2)CC1=O. The number of carboxylic acids is 1. The van der Waals surface area contributed by atoms with E-state index in [1.165, 1.54) is 25.7 Å². The molecule has 5 aliphatic rings. The number of aliphatic carboxylic acids is 1. The molecule has 0 bridgehead atoms. The van der Waals surface area contributed by atoms with Crippen molar-refractivity contribution in [3.8, 4) is 0 Å². The summed E-state index contributed by atoms with van der Waals surface area (Å²) in [5, 5.41) is 13.3. The molecule has 1 aromatic rings. The van der Waals surface area contributed by atoms with Gasteiger partial charge in [0.05, 0.1) is 17.5 Å². The third-order valence-electron chi connectivity index (χ3n) is 14.6. The van der Waals surface area contributed by atoms with E-state index in [0.29, 0.717) is 41.8 Å². The van der Waals surface area contributed by atoms with Crippen LogP contribution in [0.2, 0.25) is 0 Å². The maximum atomic E-state index is 13.8. The van der Waals surface area contributed by atoms with Crippen LogP contribution in [0.15, 0.2) is 29.7 Å². The van der Waals surface area contributed by atoms with E-state index in [0.717, 1.165) is 49.9 Å². The quantitative estimate of drug-likeness (QED) is 0.239. The van der Waals surface area contributed by atoms with Crippen molar-refractivity contribution in [3.63, 3.8) is 0 Å². The molecule has 0 amide bonds. The molecular weight excluding hydrogens is 614 g/mol. The lowest BCUT2D eigenvalue weighted by Gasteiger charge is -2.65. The van der Waals surface area contributed by atoms with E-state index in [1.54, 1.807) is 31.9 Å². The second kappa shape index (κ2) is 13.2. The zero-order chi connectivity index (χ0) is 35.5. The van der Waals surface area contributed by atoms with Crippen LogP contribution in [0.5, 0.6) is 0 Å². The van der Waals surface area contributed by atoms with Gasteiger partial charge < -0.3 is 15.2 Å². The van der Waals surface area contributed by atoms with Crippen molar-refractivity contribution in [2.24, 2.45) is 57.2 Å². The lowest BCUT2D eigenvalue weighted by Crippen LogP contribution is -2.59. The zero-order valence-electron chi connectivity index (χ0n) is 31.3. The average molecular weight is 676 g/mol. The van der Waals surface area contributed by atoms with Gasteiger partial charge in [-0.25, -0.2) is 9.97 Å². The van der Waals surface area contributed by atoms with Crippen molar-refractivity contribution in [1.82, 2.24) is 15.3 Å². The van der Waals surface area contributed by atoms with Crippen LogP contribution in [0.25, 0.3) is 0 Å². The van der Waals surface area contributed by atoms with Crippen molar-refractivity contribution in [2.45, 2.75) is 138 Å². The molecule has 0 saturated heterocycles. The molecule has 49 heavy (non-hydrogen) atoms. The lowest BCUT2D eigenvalue weighted by atomic mass is 9.40. The standard InChI is InChI=1S/C41H61N3O5/c1-24(2)35-31(45)21-41(18-20-43-25(3)30-15-19-42-23-44-30)17-13-26-27-10-12-32-39(6,7)33(49-34(46)22-38(4,5)37(47)48)14-16-40(32,8)29(27)11-9-28(26)36(35)41/h15,19,23-29,32-33,43H,9-14,16-18,20-22H2,1-8H3,(H,47,48)/t25-,26?,27?,28?,29?,32?,33?,40?,41?/m1/s1. The highest BCUT2D eigenvalue weighted by molar-refractivity contribution is 6.00. The van der Waals surface area contributed by atoms with Gasteiger partial charge in [0.15, 0.2) is 5.78 Å². The third-order valence-corrected chi connectivity index (χ3v) is 14.6. The van der Waals surface area contributed by atoms with Gasteiger partial charge in [-0.05, 0) is 138 Å². The molecule has 6 rings (SSSR count). The number of hydrogen-bond donors (Lipinski definition) is 2. The Morgan fingerprint density at radius 1 is 1.04 bits per heavy atom. The minimum Gasteiger partial charge on any atom is -0.481 e. The summed E-state index contributed by atoms with van der Waals surface area (Å²) in [5.74, 6) is 2.15. The Bertz CT molecular complexity index is 1470. The number of carboxylic acid groups (broad SMARTS) is 1. The fourth-order valence-electron chi connectivity index (χ4n) is 12.2. The van der Waals surface area contributed by atoms with Gasteiger partial charge >= 0.3 is 11.9 Å². The predicted octanol–water partition coefficient (Wildman–Crippen LogP) is 8.13. The number of allylic oxidation sites excluding steroid dienone is 2. The van der Waals surface area contributed by atoms with E-state index >= 15 is 0 Å². The number of ether oxygens (including phenoxy) is 1. The summed E-state index contributed by atoms with van der Waals surface area (Å²) in [4.78, 5) is 47.0. The van der Waals surface area contributed by atoms with Crippen LogP contribution in [-0.2, 0) is 19.1 Å². The number of carbonyl (C=O) groups excluding carboxylic acids is 2. The smallest absolute Gasteiger partial charge is 0.309 e. The molecule has 8 nitrogen and oxygen atoms in total. The number of carbonyl (C=O) groups is 3. The van der Waals surface area contributed by atoms with E-state index < -0.39 is 17.4 Å². The van der Waals surface area contributed by atoms with Gasteiger partial charge in [-0.2, -0.15) is 0 Å². The van der Waals surface area contributed by atoms with E-state index in [9.17, 15) is 19.5 Å². The van der Waals surface area contributed by atoms with Crippen LogP contribution in [0, 0.1) is 57.2 Å². The molecule has 0 spiro atoms. The minimum atomic E-state index is -1.14. The molecule has 270 valence electrons. The summed E-state index contributed by atoms with van der Waals surface area (Å²) in [6, 6.07) is 2.11. The normalized spacial score (nSPS) is 36.0. The average Bonchev–Trinajstić information content (AvgIpc) is 3.34. The van der Waals surface area contributed by atoms with Gasteiger partial charge in [0, 0.05) is 29.5 Å². The van der Waals surface area contributed by atoms with Gasteiger partial charge in [-0.3, -0.25) is 14.4 Å². The van der Waals surface area contributed by atoms with Crippen molar-refractivity contribution in [3.05, 3.63) is 35.4 Å². The molecule has 9 atom stereocenters. The van der Waals surface area contributed by atoms with Gasteiger partial charge in [0.25, 0.3) is 0 Å². The Morgan fingerprint density at radius 2 is 1.80 bits per heavy atom. The topological polar surface area (TPSA) is 118 Å². The first-order valence-electron chi connectivity index (χ1n) is 19.2. The Kier molecular flexibility index (Phi) is 9.73. The molecule has 4 saturated carbocycles. The zero-order valence-corrected chi connectivity index (χ0v) is 31.3. The molecule has 1 aromatic heterocycles. The summed E-state index contributed by atoms with van der Waals surface area (Å²) >= 11 is 0. The van der Waals surface area contributed by atoms with Crippen LogP contribution < -0.4 is 5.32 Å². The summed E-state index contributed by atoms with van der Waals surface area (Å²) in [6.45, 7) is 17.8. The van der Waals surface area contributed by atoms with Gasteiger partial charge in [0.1, 0.15) is 12.4 Å². The molecule has 5 aliphatic carbocycles. The molecule has 0 aromatic carbocycles. The number of Topliss-reactive ketones (excluding diaryl/α,β-unsaturated/α-hetero) is 1. The Labute approximate surface area is 294 Å². The summed E-state index contributed by atoms with van der Waals surface area (Å²) in [7, 11) is 0. The van der Waals surface area contributed by atoms with Gasteiger partial charge in [0.2, 0.25) is 0 Å². The fraction of sp³-hybridized carbons (Fsp3) is 0.780. The number of hydrogen-bond acceptors (Lipinski definition) is 7. The maximum Gasteiger partial charge on any atom is 0.309 e. The van der Waals surface area contributed by atoms with Crippen LogP contribution >= 0.6 is 0 Å². The molecule has 4 fully saturated rings. The summed E-state index contributed by atoms with van der Waals surface area (Å²) < 4.78 is 6.13. The minimum absolute atomic E-state index is 0.0245. The monoisotopic (exact) mass is 675 g/mol. The fourth-order valence-corrected chi connectivity index (χ4v) is 12.2.